The average Bonchev–Trinajstić information content (AvgIpc) is 2.42. The number of aromatic nitrogens is 1. The number of carboxylic acids is 1. The zero-order chi connectivity index (χ0) is 15.4. The fourth-order valence-electron chi connectivity index (χ4n) is 3.15. The number of methoxy groups -OCH3 is 1. The molecule has 1 atom stereocenters. The van der Waals surface area contributed by atoms with Gasteiger partial charge in [0.1, 0.15) is 5.75 Å². The summed E-state index contributed by atoms with van der Waals surface area (Å²) in [5.41, 5.74) is 3.15. The fraction of sp³-hybridized carbons (Fsp3) is 0.625. The Kier molecular flexibility index (Phi) is 5.17. The van der Waals surface area contributed by atoms with E-state index in [0.717, 1.165) is 55.0 Å². The lowest BCUT2D eigenvalue weighted by Gasteiger charge is -2.32. The lowest BCUT2D eigenvalue weighted by Crippen LogP contribution is -2.36. The molecule has 116 valence electrons. The van der Waals surface area contributed by atoms with Crippen LogP contribution in [-0.4, -0.2) is 41.2 Å². The number of aliphatic carboxylic acids is 1. The Morgan fingerprint density at radius 3 is 2.95 bits per heavy atom. The van der Waals surface area contributed by atoms with Gasteiger partial charge in [0, 0.05) is 36.8 Å². The summed E-state index contributed by atoms with van der Waals surface area (Å²) < 4.78 is 5.44. The Bertz CT molecular complexity index is 516. The van der Waals surface area contributed by atoms with Crippen molar-refractivity contribution in [2.45, 2.75) is 39.7 Å². The highest BCUT2D eigenvalue weighted by molar-refractivity contribution is 5.67. The molecular formula is C16H24N2O3. The second kappa shape index (κ2) is 6.89. The van der Waals surface area contributed by atoms with Crippen LogP contribution in [0.4, 0.5) is 0 Å². The van der Waals surface area contributed by atoms with E-state index in [9.17, 15) is 4.79 Å². The van der Waals surface area contributed by atoms with Crippen LogP contribution in [-0.2, 0) is 11.3 Å². The molecule has 0 aromatic carbocycles. The maximum absolute atomic E-state index is 10.9. The van der Waals surface area contributed by atoms with Crippen molar-refractivity contribution in [1.82, 2.24) is 9.88 Å². The first-order valence-corrected chi connectivity index (χ1v) is 7.44. The number of rotatable bonds is 5. The molecule has 0 bridgehead atoms. The molecule has 0 spiro atoms. The average molecular weight is 292 g/mol. The lowest BCUT2D eigenvalue weighted by molar-refractivity contribution is -0.138. The Morgan fingerprint density at radius 2 is 2.29 bits per heavy atom. The highest BCUT2D eigenvalue weighted by atomic mass is 16.5. The molecule has 1 aromatic rings. The number of ether oxygens (including phenoxy) is 1. The van der Waals surface area contributed by atoms with Gasteiger partial charge in [-0.1, -0.05) is 0 Å². The Labute approximate surface area is 125 Å². The SMILES string of the molecule is COc1c(C)cnc(CN2CCCC(CC(=O)O)C2)c1C. The summed E-state index contributed by atoms with van der Waals surface area (Å²) in [6.45, 7) is 6.63. The minimum Gasteiger partial charge on any atom is -0.496 e. The molecule has 1 N–H and O–H groups in total. The molecule has 1 aliphatic rings. The van der Waals surface area contributed by atoms with Crippen LogP contribution in [0.5, 0.6) is 5.75 Å². The van der Waals surface area contributed by atoms with E-state index in [1.54, 1.807) is 7.11 Å². The molecular weight excluding hydrogens is 268 g/mol. The normalized spacial score (nSPS) is 19.5. The van der Waals surface area contributed by atoms with Gasteiger partial charge in [0.2, 0.25) is 0 Å². The third kappa shape index (κ3) is 3.94. The number of hydrogen-bond acceptors (Lipinski definition) is 4. The standard InChI is InChI=1S/C16H24N2O3/c1-11-8-17-14(12(2)16(11)21-3)10-18-6-4-5-13(9-18)7-15(19)20/h8,13H,4-7,9-10H2,1-3H3,(H,19,20). The summed E-state index contributed by atoms with van der Waals surface area (Å²) in [6.07, 6.45) is 4.17. The van der Waals surface area contributed by atoms with Crippen molar-refractivity contribution in [1.29, 1.82) is 0 Å². The first-order chi connectivity index (χ1) is 10.0. The van der Waals surface area contributed by atoms with Crippen LogP contribution in [0.2, 0.25) is 0 Å². The van der Waals surface area contributed by atoms with Gasteiger partial charge in [0.05, 0.1) is 12.8 Å². The number of pyridine rings is 1. The maximum atomic E-state index is 10.9. The molecule has 0 saturated carbocycles. The van der Waals surface area contributed by atoms with E-state index in [-0.39, 0.29) is 12.3 Å². The largest absolute Gasteiger partial charge is 0.496 e. The van der Waals surface area contributed by atoms with E-state index in [4.69, 9.17) is 9.84 Å². The molecule has 1 saturated heterocycles. The molecule has 0 radical (unpaired) electrons. The van der Waals surface area contributed by atoms with E-state index < -0.39 is 5.97 Å². The molecule has 5 nitrogen and oxygen atoms in total. The van der Waals surface area contributed by atoms with Crippen molar-refractivity contribution in [3.8, 4) is 5.75 Å². The van der Waals surface area contributed by atoms with E-state index in [1.807, 2.05) is 20.0 Å². The predicted octanol–water partition coefficient (Wildman–Crippen LogP) is 2.39. The van der Waals surface area contributed by atoms with Crippen molar-refractivity contribution < 1.29 is 14.6 Å². The van der Waals surface area contributed by atoms with Crippen LogP contribution >= 0.6 is 0 Å². The number of carbonyl (C=O) groups is 1. The van der Waals surface area contributed by atoms with E-state index in [1.165, 1.54) is 0 Å². The zero-order valence-electron chi connectivity index (χ0n) is 13.1. The van der Waals surface area contributed by atoms with Crippen molar-refractivity contribution in [3.63, 3.8) is 0 Å². The first-order valence-electron chi connectivity index (χ1n) is 7.44. The molecule has 5 heteroatoms. The molecule has 1 aliphatic heterocycles. The van der Waals surface area contributed by atoms with Gasteiger partial charge in [-0.3, -0.25) is 14.7 Å². The number of aryl methyl sites for hydroxylation is 1. The van der Waals surface area contributed by atoms with Crippen LogP contribution < -0.4 is 4.74 Å². The van der Waals surface area contributed by atoms with Crippen molar-refractivity contribution in [2.24, 2.45) is 5.92 Å². The third-order valence-electron chi connectivity index (χ3n) is 4.19. The van der Waals surface area contributed by atoms with Crippen LogP contribution in [0.3, 0.4) is 0 Å². The smallest absolute Gasteiger partial charge is 0.303 e. The predicted molar refractivity (Wildman–Crippen MR) is 80.5 cm³/mol. The van der Waals surface area contributed by atoms with Gasteiger partial charge in [-0.15, -0.1) is 0 Å². The van der Waals surface area contributed by atoms with Crippen molar-refractivity contribution in [3.05, 3.63) is 23.0 Å². The number of carboxylic acid groups (broad SMARTS) is 1. The van der Waals surface area contributed by atoms with Crippen LogP contribution in [0, 0.1) is 19.8 Å². The topological polar surface area (TPSA) is 62.7 Å². The molecule has 1 unspecified atom stereocenters. The summed E-state index contributed by atoms with van der Waals surface area (Å²) in [4.78, 5) is 17.7. The molecule has 21 heavy (non-hydrogen) atoms. The number of nitrogens with zero attached hydrogens (tertiary/aromatic N) is 2. The van der Waals surface area contributed by atoms with Gasteiger partial charge in [0.15, 0.2) is 0 Å². The highest BCUT2D eigenvalue weighted by Gasteiger charge is 2.23. The molecule has 2 rings (SSSR count). The summed E-state index contributed by atoms with van der Waals surface area (Å²) >= 11 is 0. The summed E-state index contributed by atoms with van der Waals surface area (Å²) in [5, 5.41) is 8.94. The van der Waals surface area contributed by atoms with E-state index >= 15 is 0 Å². The molecule has 0 amide bonds. The van der Waals surface area contributed by atoms with E-state index in [2.05, 4.69) is 9.88 Å². The molecule has 2 heterocycles. The van der Waals surface area contributed by atoms with Gasteiger partial charge < -0.3 is 9.84 Å². The zero-order valence-corrected chi connectivity index (χ0v) is 13.1. The Hall–Kier alpha value is -1.62. The summed E-state index contributed by atoms with van der Waals surface area (Å²) in [5.74, 6) is 0.455. The Morgan fingerprint density at radius 1 is 1.52 bits per heavy atom. The number of piperidine rings is 1. The molecule has 0 aliphatic carbocycles. The fourth-order valence-corrected chi connectivity index (χ4v) is 3.15. The summed E-state index contributed by atoms with van der Waals surface area (Å²) in [7, 11) is 1.68. The van der Waals surface area contributed by atoms with Gasteiger partial charge >= 0.3 is 5.97 Å². The van der Waals surface area contributed by atoms with Gasteiger partial charge in [0.25, 0.3) is 0 Å². The number of hydrogen-bond donors (Lipinski definition) is 1. The van der Waals surface area contributed by atoms with Crippen molar-refractivity contribution >= 4 is 5.97 Å². The maximum Gasteiger partial charge on any atom is 0.303 e. The summed E-state index contributed by atoms with van der Waals surface area (Å²) in [6, 6.07) is 0. The Balaban J connectivity index is 2.06. The van der Waals surface area contributed by atoms with Crippen LogP contribution in [0.15, 0.2) is 6.20 Å². The first kappa shape index (κ1) is 15.8. The second-order valence-electron chi connectivity index (χ2n) is 5.89. The monoisotopic (exact) mass is 292 g/mol. The lowest BCUT2D eigenvalue weighted by atomic mass is 9.94. The van der Waals surface area contributed by atoms with Crippen LogP contribution in [0.25, 0.3) is 0 Å². The third-order valence-corrected chi connectivity index (χ3v) is 4.19. The minimum absolute atomic E-state index is 0.254. The van der Waals surface area contributed by atoms with Gasteiger partial charge in [-0.05, 0) is 39.2 Å². The van der Waals surface area contributed by atoms with E-state index in [0.29, 0.717) is 0 Å². The molecule has 1 fully saturated rings. The van der Waals surface area contributed by atoms with Gasteiger partial charge in [-0.25, -0.2) is 0 Å². The van der Waals surface area contributed by atoms with Crippen LogP contribution in [0.1, 0.15) is 36.1 Å². The second-order valence-corrected chi connectivity index (χ2v) is 5.89. The minimum atomic E-state index is -0.701. The van der Waals surface area contributed by atoms with Crippen molar-refractivity contribution in [2.75, 3.05) is 20.2 Å². The highest BCUT2D eigenvalue weighted by Crippen LogP contribution is 2.26. The van der Waals surface area contributed by atoms with Gasteiger partial charge in [-0.2, -0.15) is 0 Å². The number of likely N-dealkylation sites (tertiary alicyclic amines) is 1. The quantitative estimate of drug-likeness (QED) is 0.903. The molecule has 1 aromatic heterocycles.